The number of nitrogens with zero attached hydrogens (tertiary/aromatic N) is 1. The van der Waals surface area contributed by atoms with Gasteiger partial charge in [-0.25, -0.2) is 9.18 Å². The normalized spacial score (nSPS) is 15.8. The maximum atomic E-state index is 13.3. The molecule has 1 heterocycles. The van der Waals surface area contributed by atoms with E-state index in [4.69, 9.17) is 4.74 Å². The highest BCUT2D eigenvalue weighted by atomic mass is 79.9. The Morgan fingerprint density at radius 2 is 1.96 bits per heavy atom. The first-order valence-corrected chi connectivity index (χ1v) is 9.14. The summed E-state index contributed by atoms with van der Waals surface area (Å²) >= 11 is 3.34. The van der Waals surface area contributed by atoms with Gasteiger partial charge in [0.15, 0.2) is 0 Å². The number of amides is 2. The van der Waals surface area contributed by atoms with Crippen LogP contribution in [0.5, 0.6) is 0 Å². The zero-order chi connectivity index (χ0) is 18.6. The van der Waals surface area contributed by atoms with E-state index in [1.165, 1.54) is 12.1 Å². The Hall–Kier alpha value is -1.63. The Balaban J connectivity index is 1.82. The number of piperidine rings is 1. The third kappa shape index (κ3) is 6.30. The molecule has 0 saturated carbocycles. The number of ether oxygens (including phenoxy) is 1. The molecule has 0 radical (unpaired) electrons. The molecule has 1 fully saturated rings. The summed E-state index contributed by atoms with van der Waals surface area (Å²) in [5.74, 6) is -0.395. The zero-order valence-corrected chi connectivity index (χ0v) is 16.4. The summed E-state index contributed by atoms with van der Waals surface area (Å²) in [7, 11) is 0. The third-order valence-electron chi connectivity index (χ3n) is 3.92. The van der Waals surface area contributed by atoms with E-state index in [9.17, 15) is 14.0 Å². The van der Waals surface area contributed by atoms with Crippen LogP contribution in [0.4, 0.5) is 9.18 Å². The number of likely N-dealkylation sites (tertiary alicyclic amines) is 1. The molecule has 1 N–H and O–H groups in total. The molecule has 0 aliphatic carbocycles. The Kier molecular flexibility index (Phi) is 6.43. The lowest BCUT2D eigenvalue weighted by Gasteiger charge is -2.33. The molecule has 1 aliphatic heterocycles. The van der Waals surface area contributed by atoms with Gasteiger partial charge in [-0.1, -0.05) is 15.9 Å². The van der Waals surface area contributed by atoms with Crippen molar-refractivity contribution in [2.45, 2.75) is 51.7 Å². The molecule has 0 atom stereocenters. The fourth-order valence-corrected chi connectivity index (χ4v) is 3.09. The summed E-state index contributed by atoms with van der Waals surface area (Å²) in [5.41, 5.74) is 0.109. The molecule has 1 aromatic rings. The predicted octanol–water partition coefficient (Wildman–Crippen LogP) is 3.65. The number of rotatable bonds is 3. The summed E-state index contributed by atoms with van der Waals surface area (Å²) < 4.78 is 19.3. The molecule has 5 nitrogen and oxygen atoms in total. The Morgan fingerprint density at radius 1 is 1.32 bits per heavy atom. The number of nitrogens with one attached hydrogen (secondary N) is 1. The molecule has 138 valence electrons. The number of halogens is 2. The number of alkyl carbamates (subject to hydrolysis) is 1. The number of benzene rings is 1. The van der Waals surface area contributed by atoms with Gasteiger partial charge in [-0.05, 0) is 57.4 Å². The van der Waals surface area contributed by atoms with Gasteiger partial charge in [0, 0.05) is 23.6 Å². The molecule has 1 aromatic carbocycles. The van der Waals surface area contributed by atoms with Crippen LogP contribution in [0.1, 0.15) is 39.2 Å². The van der Waals surface area contributed by atoms with Gasteiger partial charge in [0.25, 0.3) is 0 Å². The van der Waals surface area contributed by atoms with Crippen LogP contribution in [-0.2, 0) is 16.0 Å². The van der Waals surface area contributed by atoms with Gasteiger partial charge in [-0.15, -0.1) is 0 Å². The predicted molar refractivity (Wildman–Crippen MR) is 96.8 cm³/mol. The molecular formula is C18H24BrFN2O3. The van der Waals surface area contributed by atoms with Crippen LogP contribution in [0.25, 0.3) is 0 Å². The van der Waals surface area contributed by atoms with E-state index in [1.807, 2.05) is 20.8 Å². The summed E-state index contributed by atoms with van der Waals surface area (Å²) in [5, 5.41) is 2.84. The van der Waals surface area contributed by atoms with E-state index in [0.717, 1.165) is 4.47 Å². The van der Waals surface area contributed by atoms with Crippen molar-refractivity contribution in [3.05, 3.63) is 34.1 Å². The highest BCUT2D eigenvalue weighted by Crippen LogP contribution is 2.20. The summed E-state index contributed by atoms with van der Waals surface area (Å²) in [4.78, 5) is 26.0. The molecule has 2 amide bonds. The van der Waals surface area contributed by atoms with Gasteiger partial charge >= 0.3 is 6.09 Å². The third-order valence-corrected chi connectivity index (χ3v) is 4.69. The van der Waals surface area contributed by atoms with Crippen LogP contribution in [0.2, 0.25) is 0 Å². The maximum absolute atomic E-state index is 13.3. The second-order valence-electron chi connectivity index (χ2n) is 7.21. The first kappa shape index (κ1) is 19.7. The quantitative estimate of drug-likeness (QED) is 0.820. The number of carbonyl (C=O) groups is 2. The van der Waals surface area contributed by atoms with Gasteiger partial charge in [-0.2, -0.15) is 0 Å². The fraction of sp³-hybridized carbons (Fsp3) is 0.556. The summed E-state index contributed by atoms with van der Waals surface area (Å²) in [6, 6.07) is 4.33. The lowest BCUT2D eigenvalue weighted by atomic mass is 10.0. The molecular weight excluding hydrogens is 391 g/mol. The van der Waals surface area contributed by atoms with Crippen molar-refractivity contribution in [3.63, 3.8) is 0 Å². The molecule has 0 bridgehead atoms. The van der Waals surface area contributed by atoms with Crippen LogP contribution in [0.15, 0.2) is 22.7 Å². The van der Waals surface area contributed by atoms with E-state index in [0.29, 0.717) is 31.5 Å². The van der Waals surface area contributed by atoms with E-state index in [-0.39, 0.29) is 24.2 Å². The minimum absolute atomic E-state index is 0.000180. The molecule has 0 unspecified atom stereocenters. The minimum Gasteiger partial charge on any atom is -0.444 e. The van der Waals surface area contributed by atoms with Crippen molar-refractivity contribution in [1.82, 2.24) is 10.2 Å². The van der Waals surface area contributed by atoms with E-state index in [2.05, 4.69) is 21.2 Å². The largest absolute Gasteiger partial charge is 0.444 e. The molecule has 2 rings (SSSR count). The maximum Gasteiger partial charge on any atom is 0.407 e. The van der Waals surface area contributed by atoms with Crippen LogP contribution in [0.3, 0.4) is 0 Å². The second-order valence-corrected chi connectivity index (χ2v) is 8.07. The SMILES string of the molecule is CC(C)(C)OC(=O)NC1CCN(C(=O)Cc2cc(F)ccc2Br)CC1. The molecule has 25 heavy (non-hydrogen) atoms. The molecule has 0 spiro atoms. The zero-order valence-electron chi connectivity index (χ0n) is 14.8. The van der Waals surface area contributed by atoms with Crippen LogP contribution < -0.4 is 5.32 Å². The second kappa shape index (κ2) is 8.17. The number of carbonyl (C=O) groups excluding carboxylic acids is 2. The van der Waals surface area contributed by atoms with Gasteiger partial charge in [0.2, 0.25) is 5.91 Å². The number of hydrogen-bond donors (Lipinski definition) is 1. The van der Waals surface area contributed by atoms with Crippen LogP contribution in [-0.4, -0.2) is 41.6 Å². The van der Waals surface area contributed by atoms with Gasteiger partial charge in [0.05, 0.1) is 6.42 Å². The van der Waals surface area contributed by atoms with Crippen molar-refractivity contribution >= 4 is 27.9 Å². The first-order chi connectivity index (χ1) is 11.6. The molecule has 0 aromatic heterocycles. The Labute approximate surface area is 156 Å². The van der Waals surface area contributed by atoms with E-state index >= 15 is 0 Å². The topological polar surface area (TPSA) is 58.6 Å². The molecule has 1 aliphatic rings. The highest BCUT2D eigenvalue weighted by Gasteiger charge is 2.26. The van der Waals surface area contributed by atoms with Crippen molar-refractivity contribution < 1.29 is 18.7 Å². The van der Waals surface area contributed by atoms with Crippen molar-refractivity contribution in [2.24, 2.45) is 0 Å². The lowest BCUT2D eigenvalue weighted by molar-refractivity contribution is -0.131. The first-order valence-electron chi connectivity index (χ1n) is 8.35. The lowest BCUT2D eigenvalue weighted by Crippen LogP contribution is -2.48. The highest BCUT2D eigenvalue weighted by molar-refractivity contribution is 9.10. The van der Waals surface area contributed by atoms with Gasteiger partial charge < -0.3 is 15.0 Å². The summed E-state index contributed by atoms with van der Waals surface area (Å²) in [6.07, 6.45) is 1.08. The van der Waals surface area contributed by atoms with Crippen LogP contribution >= 0.6 is 15.9 Å². The monoisotopic (exact) mass is 414 g/mol. The van der Waals surface area contributed by atoms with E-state index in [1.54, 1.807) is 11.0 Å². The number of hydrogen-bond acceptors (Lipinski definition) is 3. The average Bonchev–Trinajstić information content (AvgIpc) is 2.49. The van der Waals surface area contributed by atoms with E-state index < -0.39 is 11.7 Å². The average molecular weight is 415 g/mol. The van der Waals surface area contributed by atoms with Crippen molar-refractivity contribution in [3.8, 4) is 0 Å². The fourth-order valence-electron chi connectivity index (χ4n) is 2.70. The molecule has 7 heteroatoms. The van der Waals surface area contributed by atoms with Crippen molar-refractivity contribution in [2.75, 3.05) is 13.1 Å². The standard InChI is InChI=1S/C18H24BrFN2O3/c1-18(2,3)25-17(24)21-14-6-8-22(9-7-14)16(23)11-12-10-13(20)4-5-15(12)19/h4-5,10,14H,6-9,11H2,1-3H3,(H,21,24). The Bertz CT molecular complexity index is 638. The molecule has 1 saturated heterocycles. The van der Waals surface area contributed by atoms with Crippen LogP contribution in [0, 0.1) is 5.82 Å². The summed E-state index contributed by atoms with van der Waals surface area (Å²) in [6.45, 7) is 6.58. The Morgan fingerprint density at radius 3 is 2.56 bits per heavy atom. The van der Waals surface area contributed by atoms with Gasteiger partial charge in [0.1, 0.15) is 11.4 Å². The van der Waals surface area contributed by atoms with Crippen molar-refractivity contribution in [1.29, 1.82) is 0 Å². The van der Waals surface area contributed by atoms with Gasteiger partial charge in [-0.3, -0.25) is 4.79 Å². The smallest absolute Gasteiger partial charge is 0.407 e. The minimum atomic E-state index is -0.529.